The molecule has 2 aromatic carbocycles. The summed E-state index contributed by atoms with van der Waals surface area (Å²) in [4.78, 5) is 4.42. The Bertz CT molecular complexity index is 764. The second kappa shape index (κ2) is 5.51. The Kier molecular flexibility index (Phi) is 3.40. The number of nitrogens with one attached hydrogen (secondary N) is 1. The molecule has 3 aromatic rings. The van der Waals surface area contributed by atoms with Crippen LogP contribution in [0.4, 0.5) is 5.13 Å². The van der Waals surface area contributed by atoms with Crippen LogP contribution in [0.25, 0.3) is 10.2 Å². The van der Waals surface area contributed by atoms with Gasteiger partial charge in [0.15, 0.2) is 0 Å². The monoisotopic (exact) mass is 278 g/mol. The number of benzene rings is 2. The maximum atomic E-state index is 8.72. The van der Waals surface area contributed by atoms with E-state index in [0.29, 0.717) is 5.56 Å². The number of para-hydroxylation sites is 1. The summed E-state index contributed by atoms with van der Waals surface area (Å²) in [5.74, 6) is 0. The molecular weight excluding hydrogens is 268 g/mol. The lowest BCUT2D eigenvalue weighted by atomic mass is 10.2. The number of aromatic nitrogens is 1. The van der Waals surface area contributed by atoms with E-state index >= 15 is 0 Å². The van der Waals surface area contributed by atoms with Crippen LogP contribution < -0.4 is 5.43 Å². The summed E-state index contributed by atoms with van der Waals surface area (Å²) < 4.78 is 1.13. The summed E-state index contributed by atoms with van der Waals surface area (Å²) in [5, 5.41) is 13.6. The first-order chi connectivity index (χ1) is 9.85. The minimum atomic E-state index is 0.640. The van der Waals surface area contributed by atoms with Crippen LogP contribution in [-0.2, 0) is 0 Å². The Morgan fingerprint density at radius 1 is 1.15 bits per heavy atom. The summed E-state index contributed by atoms with van der Waals surface area (Å²) in [6.45, 7) is 0. The van der Waals surface area contributed by atoms with Crippen molar-refractivity contribution in [3.05, 3.63) is 59.7 Å². The van der Waals surface area contributed by atoms with Gasteiger partial charge in [-0.15, -0.1) is 0 Å². The molecule has 5 heteroatoms. The van der Waals surface area contributed by atoms with Crippen molar-refractivity contribution in [2.75, 3.05) is 5.43 Å². The van der Waals surface area contributed by atoms with E-state index < -0.39 is 0 Å². The van der Waals surface area contributed by atoms with Crippen LogP contribution in [0, 0.1) is 11.3 Å². The third-order valence-corrected chi connectivity index (χ3v) is 3.65. The van der Waals surface area contributed by atoms with Crippen LogP contribution in [-0.4, -0.2) is 11.2 Å². The topological polar surface area (TPSA) is 61.1 Å². The molecule has 20 heavy (non-hydrogen) atoms. The highest BCUT2D eigenvalue weighted by Crippen LogP contribution is 2.25. The van der Waals surface area contributed by atoms with Crippen LogP contribution in [0.5, 0.6) is 0 Å². The maximum Gasteiger partial charge on any atom is 0.204 e. The van der Waals surface area contributed by atoms with Crippen LogP contribution in [0.2, 0.25) is 0 Å². The van der Waals surface area contributed by atoms with E-state index in [1.807, 2.05) is 36.4 Å². The molecule has 0 saturated heterocycles. The first-order valence-corrected chi connectivity index (χ1v) is 6.81. The predicted octanol–water partition coefficient (Wildman–Crippen LogP) is 3.61. The quantitative estimate of drug-likeness (QED) is 0.588. The number of thiazole rings is 1. The van der Waals surface area contributed by atoms with Gasteiger partial charge in [0, 0.05) is 0 Å². The normalized spacial score (nSPS) is 10.8. The number of nitrogens with zero attached hydrogens (tertiary/aromatic N) is 3. The van der Waals surface area contributed by atoms with Crippen molar-refractivity contribution >= 4 is 32.9 Å². The molecule has 1 N–H and O–H groups in total. The van der Waals surface area contributed by atoms with Gasteiger partial charge in [0.2, 0.25) is 5.13 Å². The highest BCUT2D eigenvalue weighted by atomic mass is 32.1. The van der Waals surface area contributed by atoms with Gasteiger partial charge in [-0.25, -0.2) is 4.98 Å². The first-order valence-electron chi connectivity index (χ1n) is 6.00. The average Bonchev–Trinajstić information content (AvgIpc) is 2.90. The molecule has 0 unspecified atom stereocenters. The standard InChI is InChI=1S/C15H10N4S/c16-9-11-5-7-12(8-6-11)10-17-19-15-18-13-3-1-2-4-14(13)20-15/h1-8,10H,(H,18,19). The van der Waals surface area contributed by atoms with Crippen molar-refractivity contribution in [2.24, 2.45) is 5.10 Å². The van der Waals surface area contributed by atoms with Gasteiger partial charge in [-0.1, -0.05) is 35.6 Å². The summed E-state index contributed by atoms with van der Waals surface area (Å²) in [5.41, 5.74) is 5.46. The molecule has 0 atom stereocenters. The zero-order chi connectivity index (χ0) is 13.8. The van der Waals surface area contributed by atoms with Gasteiger partial charge < -0.3 is 0 Å². The third kappa shape index (κ3) is 2.66. The molecule has 0 aliphatic rings. The van der Waals surface area contributed by atoms with E-state index in [-0.39, 0.29) is 0 Å². The highest BCUT2D eigenvalue weighted by molar-refractivity contribution is 7.22. The Morgan fingerprint density at radius 2 is 1.95 bits per heavy atom. The molecule has 1 heterocycles. The zero-order valence-corrected chi connectivity index (χ0v) is 11.3. The van der Waals surface area contributed by atoms with Gasteiger partial charge in [0.1, 0.15) is 0 Å². The van der Waals surface area contributed by atoms with Crippen molar-refractivity contribution in [3.8, 4) is 6.07 Å². The van der Waals surface area contributed by atoms with E-state index in [1.165, 1.54) is 0 Å². The fourth-order valence-electron chi connectivity index (χ4n) is 1.73. The molecular formula is C15H10N4S. The van der Waals surface area contributed by atoms with E-state index in [0.717, 1.165) is 20.9 Å². The van der Waals surface area contributed by atoms with Gasteiger partial charge in [-0.2, -0.15) is 10.4 Å². The number of hydrazone groups is 1. The number of hydrogen-bond acceptors (Lipinski definition) is 5. The lowest BCUT2D eigenvalue weighted by Crippen LogP contribution is -1.89. The van der Waals surface area contributed by atoms with Gasteiger partial charge in [-0.05, 0) is 29.8 Å². The fourth-order valence-corrected chi connectivity index (χ4v) is 2.54. The molecule has 96 valence electrons. The predicted molar refractivity (Wildman–Crippen MR) is 82.0 cm³/mol. The van der Waals surface area contributed by atoms with Crippen LogP contribution in [0.1, 0.15) is 11.1 Å². The second-order valence-corrected chi connectivity index (χ2v) is 5.12. The summed E-state index contributed by atoms with van der Waals surface area (Å²) in [6.07, 6.45) is 1.70. The SMILES string of the molecule is N#Cc1ccc(C=NNc2nc3ccccc3s2)cc1. The van der Waals surface area contributed by atoms with Crippen molar-refractivity contribution in [3.63, 3.8) is 0 Å². The van der Waals surface area contributed by atoms with Crippen molar-refractivity contribution in [1.29, 1.82) is 5.26 Å². The highest BCUT2D eigenvalue weighted by Gasteiger charge is 2.00. The van der Waals surface area contributed by atoms with Gasteiger partial charge >= 0.3 is 0 Å². The van der Waals surface area contributed by atoms with Gasteiger partial charge in [0.25, 0.3) is 0 Å². The molecule has 0 radical (unpaired) electrons. The van der Waals surface area contributed by atoms with Gasteiger partial charge in [-0.3, -0.25) is 5.43 Å². The minimum absolute atomic E-state index is 0.640. The van der Waals surface area contributed by atoms with Crippen LogP contribution in [0.15, 0.2) is 53.6 Å². The van der Waals surface area contributed by atoms with Crippen molar-refractivity contribution in [1.82, 2.24) is 4.98 Å². The average molecular weight is 278 g/mol. The van der Waals surface area contributed by atoms with Crippen LogP contribution >= 0.6 is 11.3 Å². The smallest absolute Gasteiger partial charge is 0.204 e. The first kappa shape index (κ1) is 12.3. The molecule has 1 aromatic heterocycles. The molecule has 0 bridgehead atoms. The number of nitriles is 1. The number of rotatable bonds is 3. The summed E-state index contributed by atoms with van der Waals surface area (Å²) in [6, 6.07) is 17.3. The molecule has 0 spiro atoms. The summed E-state index contributed by atoms with van der Waals surface area (Å²) >= 11 is 1.56. The maximum absolute atomic E-state index is 8.72. The summed E-state index contributed by atoms with van der Waals surface area (Å²) in [7, 11) is 0. The zero-order valence-electron chi connectivity index (χ0n) is 10.4. The molecule has 3 rings (SSSR count). The molecule has 0 saturated carbocycles. The molecule has 0 fully saturated rings. The lowest BCUT2D eigenvalue weighted by Gasteiger charge is -1.94. The Hall–Kier alpha value is -2.71. The molecule has 0 aliphatic carbocycles. The number of anilines is 1. The molecule has 0 aliphatic heterocycles. The largest absolute Gasteiger partial charge is 0.253 e. The number of hydrogen-bond donors (Lipinski definition) is 1. The van der Waals surface area contributed by atoms with Crippen LogP contribution in [0.3, 0.4) is 0 Å². The molecule has 0 amide bonds. The van der Waals surface area contributed by atoms with Crippen molar-refractivity contribution in [2.45, 2.75) is 0 Å². The lowest BCUT2D eigenvalue weighted by molar-refractivity contribution is 1.31. The third-order valence-electron chi connectivity index (χ3n) is 2.71. The van der Waals surface area contributed by atoms with Gasteiger partial charge in [0.05, 0.1) is 28.1 Å². The Balaban J connectivity index is 1.71. The Labute approximate surface area is 120 Å². The fraction of sp³-hybridized carbons (Fsp3) is 0. The van der Waals surface area contributed by atoms with Crippen molar-refractivity contribution < 1.29 is 0 Å². The Morgan fingerprint density at radius 3 is 2.70 bits per heavy atom. The van der Waals surface area contributed by atoms with E-state index in [9.17, 15) is 0 Å². The van der Waals surface area contributed by atoms with E-state index in [2.05, 4.69) is 21.6 Å². The van der Waals surface area contributed by atoms with E-state index in [4.69, 9.17) is 5.26 Å². The number of fused-ring (bicyclic) bond motifs is 1. The van der Waals surface area contributed by atoms with E-state index in [1.54, 1.807) is 29.7 Å². The minimum Gasteiger partial charge on any atom is -0.253 e. The molecule has 4 nitrogen and oxygen atoms in total. The second-order valence-electron chi connectivity index (χ2n) is 4.09.